The highest BCUT2D eigenvalue weighted by atomic mass is 16.5. The van der Waals surface area contributed by atoms with Gasteiger partial charge in [-0.15, -0.1) is 0 Å². The third kappa shape index (κ3) is 1.14. The minimum Gasteiger partial charge on any atom is -0.372 e. The molecular weight excluding hydrogens is 156 g/mol. The molecule has 4 heteroatoms. The van der Waals surface area contributed by atoms with Crippen LogP contribution in [0, 0.1) is 0 Å². The molecule has 0 aliphatic carbocycles. The van der Waals surface area contributed by atoms with Crippen LogP contribution in [0.1, 0.15) is 35.0 Å². The van der Waals surface area contributed by atoms with Crippen LogP contribution in [0.4, 0.5) is 0 Å². The number of carbonyl (C=O) groups excluding carboxylic acids is 1. The molecule has 0 amide bonds. The predicted molar refractivity (Wildman–Crippen MR) is 41.9 cm³/mol. The van der Waals surface area contributed by atoms with Gasteiger partial charge < -0.3 is 4.74 Å². The molecule has 1 aromatic rings. The molecule has 1 aliphatic heterocycles. The first-order valence-electron chi connectivity index (χ1n) is 4.02. The van der Waals surface area contributed by atoms with Gasteiger partial charge in [0.15, 0.2) is 6.29 Å². The number of H-pyrrole nitrogens is 1. The van der Waals surface area contributed by atoms with Crippen LogP contribution >= 0.6 is 0 Å². The Hall–Kier alpha value is -1.16. The quantitative estimate of drug-likeness (QED) is 0.668. The lowest BCUT2D eigenvalue weighted by molar-refractivity contribution is 0.104. The van der Waals surface area contributed by atoms with Crippen LogP contribution in [0.2, 0.25) is 0 Å². The molecule has 2 heterocycles. The minimum absolute atomic E-state index is 0.0488. The highest BCUT2D eigenvalue weighted by molar-refractivity contribution is 5.76. The first-order valence-corrected chi connectivity index (χ1v) is 4.02. The Morgan fingerprint density at radius 2 is 2.67 bits per heavy atom. The van der Waals surface area contributed by atoms with Gasteiger partial charge in [0.05, 0.1) is 23.6 Å². The van der Waals surface area contributed by atoms with Gasteiger partial charge in [-0.25, -0.2) is 0 Å². The van der Waals surface area contributed by atoms with Crippen LogP contribution < -0.4 is 0 Å². The molecule has 0 spiro atoms. The minimum atomic E-state index is 0.0488. The average Bonchev–Trinajstić information content (AvgIpc) is 2.74. The van der Waals surface area contributed by atoms with Crippen molar-refractivity contribution in [3.05, 3.63) is 17.5 Å². The summed E-state index contributed by atoms with van der Waals surface area (Å²) in [6.45, 7) is 0.780. The molecule has 1 aliphatic rings. The zero-order valence-corrected chi connectivity index (χ0v) is 6.62. The molecule has 64 valence electrons. The summed E-state index contributed by atoms with van der Waals surface area (Å²) < 4.78 is 5.41. The average molecular weight is 166 g/mol. The van der Waals surface area contributed by atoms with E-state index in [9.17, 15) is 4.79 Å². The first kappa shape index (κ1) is 7.49. The van der Waals surface area contributed by atoms with Gasteiger partial charge in [-0.1, -0.05) is 0 Å². The van der Waals surface area contributed by atoms with Crippen molar-refractivity contribution in [1.29, 1.82) is 0 Å². The fourth-order valence-electron chi connectivity index (χ4n) is 1.46. The number of hydrogen-bond donors (Lipinski definition) is 1. The molecule has 0 saturated carbocycles. The largest absolute Gasteiger partial charge is 0.372 e. The maximum Gasteiger partial charge on any atom is 0.153 e. The van der Waals surface area contributed by atoms with Gasteiger partial charge in [-0.2, -0.15) is 5.10 Å². The molecule has 2 rings (SSSR count). The molecule has 0 radical (unpaired) electrons. The van der Waals surface area contributed by atoms with E-state index in [0.29, 0.717) is 5.56 Å². The van der Waals surface area contributed by atoms with Gasteiger partial charge in [0.1, 0.15) is 0 Å². The molecule has 12 heavy (non-hydrogen) atoms. The van der Waals surface area contributed by atoms with E-state index < -0.39 is 0 Å². The zero-order valence-electron chi connectivity index (χ0n) is 6.62. The van der Waals surface area contributed by atoms with Crippen molar-refractivity contribution >= 4 is 6.29 Å². The number of hydrogen-bond acceptors (Lipinski definition) is 3. The molecule has 4 nitrogen and oxygen atoms in total. The van der Waals surface area contributed by atoms with E-state index in [-0.39, 0.29) is 6.10 Å². The lowest BCUT2D eigenvalue weighted by Crippen LogP contribution is -1.99. The van der Waals surface area contributed by atoms with Crippen molar-refractivity contribution in [1.82, 2.24) is 10.2 Å². The SMILES string of the molecule is O=Cc1cn[nH]c1C1CCCO1. The predicted octanol–water partition coefficient (Wildman–Crippen LogP) is 1.07. The van der Waals surface area contributed by atoms with E-state index in [1.165, 1.54) is 6.20 Å². The molecule has 1 N–H and O–H groups in total. The van der Waals surface area contributed by atoms with Crippen molar-refractivity contribution in [2.24, 2.45) is 0 Å². The van der Waals surface area contributed by atoms with Crippen LogP contribution in [0.3, 0.4) is 0 Å². The zero-order chi connectivity index (χ0) is 8.39. The lowest BCUT2D eigenvalue weighted by atomic mass is 10.1. The summed E-state index contributed by atoms with van der Waals surface area (Å²) in [5.41, 5.74) is 1.43. The molecule has 0 aromatic carbocycles. The van der Waals surface area contributed by atoms with Crippen molar-refractivity contribution in [2.45, 2.75) is 18.9 Å². The number of rotatable bonds is 2. The molecule has 1 unspecified atom stereocenters. The van der Waals surface area contributed by atoms with E-state index in [1.54, 1.807) is 0 Å². The van der Waals surface area contributed by atoms with Crippen molar-refractivity contribution < 1.29 is 9.53 Å². The number of aldehydes is 1. The van der Waals surface area contributed by atoms with Crippen LogP contribution in [0.5, 0.6) is 0 Å². The Balaban J connectivity index is 2.25. The van der Waals surface area contributed by atoms with Crippen LogP contribution in [-0.2, 0) is 4.74 Å². The van der Waals surface area contributed by atoms with Crippen LogP contribution in [0.25, 0.3) is 0 Å². The number of ether oxygens (including phenoxy) is 1. The molecule has 1 atom stereocenters. The Morgan fingerprint density at radius 3 is 3.33 bits per heavy atom. The summed E-state index contributed by atoms with van der Waals surface area (Å²) in [4.78, 5) is 10.5. The van der Waals surface area contributed by atoms with Crippen molar-refractivity contribution in [3.8, 4) is 0 Å². The summed E-state index contributed by atoms with van der Waals surface area (Å²) in [5.74, 6) is 0. The summed E-state index contributed by atoms with van der Waals surface area (Å²) in [6.07, 6.45) is 4.42. The molecule has 1 saturated heterocycles. The molecule has 1 aromatic heterocycles. The van der Waals surface area contributed by atoms with Gasteiger partial charge in [-0.3, -0.25) is 9.89 Å². The van der Waals surface area contributed by atoms with Gasteiger partial charge in [0.25, 0.3) is 0 Å². The first-order chi connectivity index (χ1) is 5.92. The van der Waals surface area contributed by atoms with Crippen molar-refractivity contribution in [3.63, 3.8) is 0 Å². The smallest absolute Gasteiger partial charge is 0.153 e. The summed E-state index contributed by atoms with van der Waals surface area (Å²) in [5, 5.41) is 6.59. The Kier molecular flexibility index (Phi) is 1.91. The van der Waals surface area contributed by atoms with Crippen LogP contribution in [-0.4, -0.2) is 23.1 Å². The highest BCUT2D eigenvalue weighted by Crippen LogP contribution is 2.28. The second-order valence-corrected chi connectivity index (χ2v) is 2.86. The number of nitrogens with zero attached hydrogens (tertiary/aromatic N) is 1. The van der Waals surface area contributed by atoms with E-state index in [0.717, 1.165) is 31.4 Å². The lowest BCUT2D eigenvalue weighted by Gasteiger charge is -2.06. The Morgan fingerprint density at radius 1 is 1.75 bits per heavy atom. The topological polar surface area (TPSA) is 55.0 Å². The second kappa shape index (κ2) is 3.06. The maximum absolute atomic E-state index is 10.5. The monoisotopic (exact) mass is 166 g/mol. The summed E-state index contributed by atoms with van der Waals surface area (Å²) in [6, 6.07) is 0. The molecular formula is C8H10N2O2. The number of aromatic amines is 1. The second-order valence-electron chi connectivity index (χ2n) is 2.86. The maximum atomic E-state index is 10.5. The van der Waals surface area contributed by atoms with E-state index >= 15 is 0 Å². The third-order valence-corrected chi connectivity index (χ3v) is 2.08. The Bertz CT molecular complexity index is 276. The highest BCUT2D eigenvalue weighted by Gasteiger charge is 2.21. The van der Waals surface area contributed by atoms with E-state index in [1.807, 2.05) is 0 Å². The van der Waals surface area contributed by atoms with Gasteiger partial charge in [-0.05, 0) is 12.8 Å². The van der Waals surface area contributed by atoms with Gasteiger partial charge in [0.2, 0.25) is 0 Å². The third-order valence-electron chi connectivity index (χ3n) is 2.08. The van der Waals surface area contributed by atoms with Crippen molar-refractivity contribution in [2.75, 3.05) is 6.61 Å². The number of carbonyl (C=O) groups is 1. The van der Waals surface area contributed by atoms with Gasteiger partial charge >= 0.3 is 0 Å². The van der Waals surface area contributed by atoms with E-state index in [4.69, 9.17) is 4.74 Å². The fourth-order valence-corrected chi connectivity index (χ4v) is 1.46. The number of nitrogens with one attached hydrogen (secondary N) is 1. The normalized spacial score (nSPS) is 22.8. The Labute approximate surface area is 69.9 Å². The molecule has 0 bridgehead atoms. The van der Waals surface area contributed by atoms with E-state index in [2.05, 4.69) is 10.2 Å². The summed E-state index contributed by atoms with van der Waals surface area (Å²) >= 11 is 0. The molecule has 1 fully saturated rings. The summed E-state index contributed by atoms with van der Waals surface area (Å²) in [7, 11) is 0. The fraction of sp³-hybridized carbons (Fsp3) is 0.500. The van der Waals surface area contributed by atoms with Gasteiger partial charge in [0, 0.05) is 6.61 Å². The standard InChI is InChI=1S/C8H10N2O2/c11-5-6-4-9-10-8(6)7-2-1-3-12-7/h4-5,7H,1-3H2,(H,9,10). The number of aromatic nitrogens is 2. The van der Waals surface area contributed by atoms with Crippen LogP contribution in [0.15, 0.2) is 6.20 Å².